The topological polar surface area (TPSA) is 20.2 Å². The molecule has 0 heterocycles. The van der Waals surface area contributed by atoms with Crippen molar-refractivity contribution in [3.63, 3.8) is 0 Å². The molecule has 0 aromatic heterocycles. The summed E-state index contributed by atoms with van der Waals surface area (Å²) in [4.78, 5) is 0. The van der Waals surface area contributed by atoms with Gasteiger partial charge in [0.15, 0.2) is 0 Å². The third kappa shape index (κ3) is 1.76. The third-order valence-corrected chi connectivity index (χ3v) is 2.00. The second-order valence-corrected chi connectivity index (χ2v) is 2.90. The molecule has 0 radical (unpaired) electrons. The fourth-order valence-corrected chi connectivity index (χ4v) is 1.16. The van der Waals surface area contributed by atoms with Gasteiger partial charge in [-0.05, 0) is 31.0 Å². The fourth-order valence-electron chi connectivity index (χ4n) is 1.16. The molecule has 0 amide bonds. The zero-order chi connectivity index (χ0) is 10.2. The van der Waals surface area contributed by atoms with Gasteiger partial charge in [0.2, 0.25) is 0 Å². The van der Waals surface area contributed by atoms with Crippen molar-refractivity contribution >= 4 is 0 Å². The standard InChI is InChI=1S/C9H9F3O/c1-5-3-4-7(13)8(6(5)2)9(10,11)12/h3-4,13H,1-2H3. The third-order valence-electron chi connectivity index (χ3n) is 2.00. The summed E-state index contributed by atoms with van der Waals surface area (Å²) >= 11 is 0. The van der Waals surface area contributed by atoms with Crippen molar-refractivity contribution in [3.8, 4) is 5.75 Å². The number of hydrogen-bond acceptors (Lipinski definition) is 1. The zero-order valence-electron chi connectivity index (χ0n) is 7.24. The highest BCUT2D eigenvalue weighted by atomic mass is 19.4. The van der Waals surface area contributed by atoms with Crippen LogP contribution in [0.4, 0.5) is 13.2 Å². The van der Waals surface area contributed by atoms with Crippen LogP contribution in [0, 0.1) is 13.8 Å². The van der Waals surface area contributed by atoms with E-state index in [0.717, 1.165) is 6.07 Å². The predicted octanol–water partition coefficient (Wildman–Crippen LogP) is 3.03. The molecule has 13 heavy (non-hydrogen) atoms. The largest absolute Gasteiger partial charge is 0.507 e. The zero-order valence-corrected chi connectivity index (χ0v) is 7.24. The Labute approximate surface area is 73.8 Å². The summed E-state index contributed by atoms with van der Waals surface area (Å²) in [5.74, 6) is -0.712. The molecule has 0 aliphatic carbocycles. The maximum absolute atomic E-state index is 12.3. The first-order valence-corrected chi connectivity index (χ1v) is 3.70. The summed E-state index contributed by atoms with van der Waals surface area (Å²) in [6.45, 7) is 2.92. The Morgan fingerprint density at radius 2 is 1.69 bits per heavy atom. The summed E-state index contributed by atoms with van der Waals surface area (Å²) in [7, 11) is 0. The molecule has 1 N–H and O–H groups in total. The van der Waals surface area contributed by atoms with Crippen LogP contribution in [0.2, 0.25) is 0 Å². The van der Waals surface area contributed by atoms with Crippen LogP contribution in [-0.2, 0) is 6.18 Å². The van der Waals surface area contributed by atoms with E-state index >= 15 is 0 Å². The molecule has 1 aromatic rings. The average Bonchev–Trinajstić information content (AvgIpc) is 1.95. The number of aryl methyl sites for hydroxylation is 1. The van der Waals surface area contributed by atoms with Crippen molar-refractivity contribution in [1.82, 2.24) is 0 Å². The van der Waals surface area contributed by atoms with Crippen molar-refractivity contribution in [2.75, 3.05) is 0 Å². The Morgan fingerprint density at radius 1 is 1.15 bits per heavy atom. The maximum Gasteiger partial charge on any atom is 0.420 e. The Balaban J connectivity index is 3.43. The molecule has 1 aromatic carbocycles. The molecule has 0 aliphatic heterocycles. The van der Waals surface area contributed by atoms with Gasteiger partial charge in [0.1, 0.15) is 11.3 Å². The van der Waals surface area contributed by atoms with Gasteiger partial charge < -0.3 is 5.11 Å². The molecule has 0 fully saturated rings. The van der Waals surface area contributed by atoms with E-state index in [2.05, 4.69) is 0 Å². The minimum absolute atomic E-state index is 0.0764. The summed E-state index contributed by atoms with van der Waals surface area (Å²) in [5.41, 5.74) is -0.342. The minimum atomic E-state index is -4.49. The van der Waals surface area contributed by atoms with Crippen LogP contribution in [0.5, 0.6) is 5.75 Å². The van der Waals surface area contributed by atoms with Crippen molar-refractivity contribution in [1.29, 1.82) is 0 Å². The molecule has 0 saturated heterocycles. The second-order valence-electron chi connectivity index (χ2n) is 2.90. The SMILES string of the molecule is Cc1ccc(O)c(C(F)(F)F)c1C. The van der Waals surface area contributed by atoms with E-state index in [0.29, 0.717) is 5.56 Å². The Bertz CT molecular complexity index is 328. The van der Waals surface area contributed by atoms with Crippen molar-refractivity contribution < 1.29 is 18.3 Å². The van der Waals surface area contributed by atoms with Crippen LogP contribution >= 0.6 is 0 Å². The number of hydrogen-bond donors (Lipinski definition) is 1. The van der Waals surface area contributed by atoms with Gasteiger partial charge in [-0.1, -0.05) is 6.07 Å². The summed E-state index contributed by atoms with van der Waals surface area (Å²) in [6, 6.07) is 2.52. The van der Waals surface area contributed by atoms with Crippen molar-refractivity contribution in [2.24, 2.45) is 0 Å². The van der Waals surface area contributed by atoms with Crippen LogP contribution in [0.3, 0.4) is 0 Å². The molecular formula is C9H9F3O. The van der Waals surface area contributed by atoms with Gasteiger partial charge in [-0.15, -0.1) is 0 Å². The van der Waals surface area contributed by atoms with Gasteiger partial charge in [0, 0.05) is 0 Å². The number of phenols is 1. The van der Waals surface area contributed by atoms with Gasteiger partial charge in [-0.2, -0.15) is 13.2 Å². The highest BCUT2D eigenvalue weighted by molar-refractivity contribution is 5.44. The van der Waals surface area contributed by atoms with Gasteiger partial charge in [-0.25, -0.2) is 0 Å². The lowest BCUT2D eigenvalue weighted by Crippen LogP contribution is -2.08. The molecule has 0 saturated carbocycles. The number of benzene rings is 1. The number of phenolic OH excluding ortho intramolecular Hbond substituents is 1. The molecule has 0 aliphatic rings. The lowest BCUT2D eigenvalue weighted by molar-refractivity contribution is -0.139. The quantitative estimate of drug-likeness (QED) is 0.666. The minimum Gasteiger partial charge on any atom is -0.507 e. The molecule has 0 spiro atoms. The van der Waals surface area contributed by atoms with E-state index in [4.69, 9.17) is 5.11 Å². The van der Waals surface area contributed by atoms with E-state index in [1.165, 1.54) is 13.0 Å². The molecule has 72 valence electrons. The van der Waals surface area contributed by atoms with E-state index in [1.54, 1.807) is 6.92 Å². The van der Waals surface area contributed by atoms with Crippen LogP contribution in [-0.4, -0.2) is 5.11 Å². The first-order valence-electron chi connectivity index (χ1n) is 3.70. The monoisotopic (exact) mass is 190 g/mol. The molecule has 0 bridgehead atoms. The average molecular weight is 190 g/mol. The van der Waals surface area contributed by atoms with E-state index in [9.17, 15) is 13.2 Å². The van der Waals surface area contributed by atoms with Crippen molar-refractivity contribution in [3.05, 3.63) is 28.8 Å². The molecule has 4 heteroatoms. The van der Waals surface area contributed by atoms with Gasteiger partial charge in [0.25, 0.3) is 0 Å². The van der Waals surface area contributed by atoms with Crippen molar-refractivity contribution in [2.45, 2.75) is 20.0 Å². The van der Waals surface area contributed by atoms with E-state index < -0.39 is 17.5 Å². The maximum atomic E-state index is 12.3. The fraction of sp³-hybridized carbons (Fsp3) is 0.333. The first kappa shape index (κ1) is 9.89. The number of halogens is 3. The Morgan fingerprint density at radius 3 is 2.08 bits per heavy atom. The first-order chi connectivity index (χ1) is 5.84. The van der Waals surface area contributed by atoms with Crippen LogP contribution in [0.25, 0.3) is 0 Å². The lowest BCUT2D eigenvalue weighted by Gasteiger charge is -2.13. The Kier molecular flexibility index (Phi) is 2.24. The van der Waals surface area contributed by atoms with Gasteiger partial charge in [-0.3, -0.25) is 0 Å². The summed E-state index contributed by atoms with van der Waals surface area (Å²) in [5, 5.41) is 9.03. The molecule has 1 rings (SSSR count). The van der Waals surface area contributed by atoms with Crippen LogP contribution < -0.4 is 0 Å². The summed E-state index contributed by atoms with van der Waals surface area (Å²) in [6.07, 6.45) is -4.49. The molecular weight excluding hydrogens is 181 g/mol. The van der Waals surface area contributed by atoms with Gasteiger partial charge >= 0.3 is 6.18 Å². The smallest absolute Gasteiger partial charge is 0.420 e. The number of aromatic hydroxyl groups is 1. The molecule has 1 nitrogen and oxygen atoms in total. The molecule has 0 atom stereocenters. The van der Waals surface area contributed by atoms with Crippen LogP contribution in [0.15, 0.2) is 12.1 Å². The number of alkyl halides is 3. The highest BCUT2D eigenvalue weighted by Crippen LogP contribution is 2.38. The normalized spacial score (nSPS) is 11.8. The second kappa shape index (κ2) is 2.94. The molecule has 0 unspecified atom stereocenters. The predicted molar refractivity (Wildman–Crippen MR) is 42.6 cm³/mol. The summed E-state index contributed by atoms with van der Waals surface area (Å²) < 4.78 is 37.0. The Hall–Kier alpha value is -1.19. The van der Waals surface area contributed by atoms with E-state index in [-0.39, 0.29) is 5.56 Å². The van der Waals surface area contributed by atoms with Crippen LogP contribution in [0.1, 0.15) is 16.7 Å². The number of rotatable bonds is 0. The van der Waals surface area contributed by atoms with E-state index in [1.807, 2.05) is 0 Å². The lowest BCUT2D eigenvalue weighted by atomic mass is 10.0. The van der Waals surface area contributed by atoms with Gasteiger partial charge in [0.05, 0.1) is 0 Å². The highest BCUT2D eigenvalue weighted by Gasteiger charge is 2.35.